The predicted octanol–water partition coefficient (Wildman–Crippen LogP) is -0.411. The summed E-state index contributed by atoms with van der Waals surface area (Å²) in [6.07, 6.45) is 2.73. The quantitative estimate of drug-likeness (QED) is 0.383. The normalized spacial score (nSPS) is 16.9. The zero-order chi connectivity index (χ0) is 18.3. The summed E-state index contributed by atoms with van der Waals surface area (Å²) in [5.41, 5.74) is -1.22. The van der Waals surface area contributed by atoms with Gasteiger partial charge in [0.1, 0.15) is 0 Å². The highest BCUT2D eigenvalue weighted by molar-refractivity contribution is 5.74. The van der Waals surface area contributed by atoms with Crippen molar-refractivity contribution >= 4 is 23.9 Å². The van der Waals surface area contributed by atoms with E-state index in [1.807, 2.05) is 0 Å². The molecule has 1 saturated carbocycles. The monoisotopic (exact) mass is 346 g/mol. The fraction of sp³-hybridized carbons (Fsp3) is 0.714. The van der Waals surface area contributed by atoms with Crippen LogP contribution in [-0.2, 0) is 19.2 Å². The lowest BCUT2D eigenvalue weighted by molar-refractivity contribution is -0.162. The molecule has 0 aliphatic heterocycles. The average Bonchev–Trinajstić information content (AvgIpc) is 2.44. The summed E-state index contributed by atoms with van der Waals surface area (Å²) >= 11 is 0. The Morgan fingerprint density at radius 3 is 1.17 bits per heavy atom. The van der Waals surface area contributed by atoms with Gasteiger partial charge in [-0.15, -0.1) is 0 Å². The summed E-state index contributed by atoms with van der Waals surface area (Å²) < 4.78 is 0. The van der Waals surface area contributed by atoms with Crippen LogP contribution in [0.2, 0.25) is 0 Å². The van der Waals surface area contributed by atoms with Crippen LogP contribution in [-0.4, -0.2) is 85.9 Å². The Hall–Kier alpha value is -2.20. The molecule has 24 heavy (non-hydrogen) atoms. The number of hydrogen-bond acceptors (Lipinski definition) is 6. The molecule has 10 nitrogen and oxygen atoms in total. The average molecular weight is 346 g/mol. The van der Waals surface area contributed by atoms with E-state index in [-0.39, 0.29) is 0 Å². The van der Waals surface area contributed by atoms with Gasteiger partial charge in [0.15, 0.2) is 0 Å². The van der Waals surface area contributed by atoms with E-state index in [4.69, 9.17) is 20.4 Å². The number of nitrogens with zero attached hydrogens (tertiary/aromatic N) is 2. The topological polar surface area (TPSA) is 156 Å². The number of carbonyl (C=O) groups is 4. The molecule has 0 bridgehead atoms. The summed E-state index contributed by atoms with van der Waals surface area (Å²) in [4.78, 5) is 47.0. The van der Waals surface area contributed by atoms with E-state index in [1.54, 1.807) is 0 Å². The Morgan fingerprint density at radius 2 is 0.917 bits per heavy atom. The molecule has 136 valence electrons. The lowest BCUT2D eigenvalue weighted by Gasteiger charge is -2.51. The fourth-order valence-electron chi connectivity index (χ4n) is 3.30. The van der Waals surface area contributed by atoms with Crippen LogP contribution in [0.15, 0.2) is 0 Å². The molecule has 0 atom stereocenters. The van der Waals surface area contributed by atoms with E-state index < -0.39 is 55.7 Å². The molecule has 0 heterocycles. The Bertz CT molecular complexity index is 431. The second-order valence-corrected chi connectivity index (χ2v) is 5.83. The number of rotatable bonds is 10. The van der Waals surface area contributed by atoms with Crippen LogP contribution in [0, 0.1) is 0 Å². The van der Waals surface area contributed by atoms with Gasteiger partial charge in [0, 0.05) is 0 Å². The van der Waals surface area contributed by atoms with Crippen molar-refractivity contribution in [3.05, 3.63) is 0 Å². The first kappa shape index (κ1) is 19.8. The van der Waals surface area contributed by atoms with Gasteiger partial charge in [0.2, 0.25) is 0 Å². The largest absolute Gasteiger partial charge is 0.480 e. The molecular weight excluding hydrogens is 324 g/mol. The third-order valence-corrected chi connectivity index (χ3v) is 4.14. The second-order valence-electron chi connectivity index (χ2n) is 5.83. The van der Waals surface area contributed by atoms with E-state index in [0.29, 0.717) is 25.7 Å². The molecule has 0 aromatic carbocycles. The Labute approximate surface area is 138 Å². The molecule has 0 unspecified atom stereocenters. The van der Waals surface area contributed by atoms with Crippen molar-refractivity contribution in [1.29, 1.82) is 0 Å². The highest BCUT2D eigenvalue weighted by Gasteiger charge is 2.45. The summed E-state index contributed by atoms with van der Waals surface area (Å²) in [5.74, 6) is -5.03. The minimum absolute atomic E-state index is 0.314. The van der Waals surface area contributed by atoms with Crippen molar-refractivity contribution in [2.45, 2.75) is 37.8 Å². The standard InChI is InChI=1S/C14H22N2O8/c17-10(18)6-15(7-11(19)20)14(4-2-1-3-5-14)16(8-12(21)22)9-13(23)24/h1-9H2,(H,17,18)(H,19,20)(H,21,22)(H,23,24). The molecule has 0 aromatic rings. The minimum Gasteiger partial charge on any atom is -0.480 e. The van der Waals surface area contributed by atoms with Gasteiger partial charge in [-0.05, 0) is 12.8 Å². The van der Waals surface area contributed by atoms with Gasteiger partial charge in [-0.25, -0.2) is 0 Å². The van der Waals surface area contributed by atoms with Crippen molar-refractivity contribution in [2.24, 2.45) is 0 Å². The maximum atomic E-state index is 11.2. The van der Waals surface area contributed by atoms with Gasteiger partial charge < -0.3 is 20.4 Å². The number of carboxylic acids is 4. The SMILES string of the molecule is O=C(O)CN(CC(=O)O)C1(N(CC(=O)O)CC(=O)O)CCCCC1. The van der Waals surface area contributed by atoms with Crippen molar-refractivity contribution in [1.82, 2.24) is 9.80 Å². The lowest BCUT2D eigenvalue weighted by atomic mass is 9.85. The third kappa shape index (κ3) is 5.46. The summed E-state index contributed by atoms with van der Waals surface area (Å²) in [6.45, 7) is -2.44. The predicted molar refractivity (Wildman–Crippen MR) is 79.5 cm³/mol. The Balaban J connectivity index is 3.27. The molecule has 0 aromatic heterocycles. The second kappa shape index (κ2) is 8.60. The van der Waals surface area contributed by atoms with Crippen molar-refractivity contribution in [3.8, 4) is 0 Å². The molecule has 0 spiro atoms. The van der Waals surface area contributed by atoms with Crippen LogP contribution < -0.4 is 0 Å². The highest BCUT2D eigenvalue weighted by atomic mass is 16.4. The van der Waals surface area contributed by atoms with E-state index in [9.17, 15) is 19.2 Å². The molecule has 4 N–H and O–H groups in total. The summed E-state index contributed by atoms with van der Waals surface area (Å²) in [6, 6.07) is 0. The van der Waals surface area contributed by atoms with Gasteiger partial charge >= 0.3 is 23.9 Å². The van der Waals surface area contributed by atoms with Crippen LogP contribution >= 0.6 is 0 Å². The first-order chi connectivity index (χ1) is 11.2. The minimum atomic E-state index is -1.26. The Morgan fingerprint density at radius 1 is 0.625 bits per heavy atom. The van der Waals surface area contributed by atoms with Crippen LogP contribution in [0.1, 0.15) is 32.1 Å². The first-order valence-electron chi connectivity index (χ1n) is 7.54. The fourth-order valence-corrected chi connectivity index (χ4v) is 3.30. The number of hydrogen-bond donors (Lipinski definition) is 4. The number of carboxylic acid groups (broad SMARTS) is 4. The van der Waals surface area contributed by atoms with Crippen LogP contribution in [0.5, 0.6) is 0 Å². The van der Waals surface area contributed by atoms with Gasteiger partial charge in [0.05, 0.1) is 31.8 Å². The molecule has 1 aliphatic rings. The smallest absolute Gasteiger partial charge is 0.317 e. The van der Waals surface area contributed by atoms with Gasteiger partial charge in [0.25, 0.3) is 0 Å². The first-order valence-corrected chi connectivity index (χ1v) is 7.54. The summed E-state index contributed by atoms with van der Waals surface area (Å²) in [7, 11) is 0. The van der Waals surface area contributed by atoms with Crippen LogP contribution in [0.4, 0.5) is 0 Å². The van der Waals surface area contributed by atoms with E-state index in [0.717, 1.165) is 6.42 Å². The molecule has 1 rings (SSSR count). The molecule has 1 aliphatic carbocycles. The van der Waals surface area contributed by atoms with Gasteiger partial charge in [-0.1, -0.05) is 19.3 Å². The maximum absolute atomic E-state index is 11.2. The molecule has 10 heteroatoms. The number of aliphatic carboxylic acids is 4. The van der Waals surface area contributed by atoms with E-state index in [2.05, 4.69) is 0 Å². The molecular formula is C14H22N2O8. The highest BCUT2D eigenvalue weighted by Crippen LogP contribution is 2.36. The molecule has 0 saturated heterocycles. The van der Waals surface area contributed by atoms with Gasteiger partial charge in [-0.2, -0.15) is 0 Å². The van der Waals surface area contributed by atoms with Crippen molar-refractivity contribution in [3.63, 3.8) is 0 Å². The van der Waals surface area contributed by atoms with E-state index >= 15 is 0 Å². The van der Waals surface area contributed by atoms with Crippen LogP contribution in [0.3, 0.4) is 0 Å². The van der Waals surface area contributed by atoms with Gasteiger partial charge in [-0.3, -0.25) is 29.0 Å². The molecule has 1 fully saturated rings. The van der Waals surface area contributed by atoms with Crippen molar-refractivity contribution in [2.75, 3.05) is 26.2 Å². The maximum Gasteiger partial charge on any atom is 0.317 e. The molecule has 0 radical (unpaired) electrons. The van der Waals surface area contributed by atoms with Crippen LogP contribution in [0.25, 0.3) is 0 Å². The molecule has 0 amide bonds. The zero-order valence-corrected chi connectivity index (χ0v) is 13.2. The van der Waals surface area contributed by atoms with E-state index in [1.165, 1.54) is 9.80 Å². The Kier molecular flexibility index (Phi) is 7.11. The summed E-state index contributed by atoms with van der Waals surface area (Å²) in [5, 5.41) is 36.4. The lowest BCUT2D eigenvalue weighted by Crippen LogP contribution is -2.65. The van der Waals surface area contributed by atoms with Crippen molar-refractivity contribution < 1.29 is 39.6 Å². The zero-order valence-electron chi connectivity index (χ0n) is 13.2. The third-order valence-electron chi connectivity index (χ3n) is 4.14.